The van der Waals surface area contributed by atoms with Crippen LogP contribution in [-0.4, -0.2) is 28.3 Å². The largest absolute Gasteiger partial charge is 0.507 e. The SMILES string of the molecule is CC1=C(c2ccc(O)c3ccccc23)N2CCN=C2S1. The highest BCUT2D eigenvalue weighted by Gasteiger charge is 2.31. The molecule has 4 rings (SSSR count). The van der Waals surface area contributed by atoms with E-state index in [0.29, 0.717) is 5.75 Å². The second-order valence-corrected chi connectivity index (χ2v) is 6.18. The van der Waals surface area contributed by atoms with Crippen LogP contribution in [0.5, 0.6) is 5.75 Å². The quantitative estimate of drug-likeness (QED) is 0.867. The lowest BCUT2D eigenvalue weighted by molar-refractivity contribution is 0.481. The predicted octanol–water partition coefficient (Wildman–Crippen LogP) is 3.65. The Morgan fingerprint density at radius 2 is 1.95 bits per heavy atom. The molecule has 0 atom stereocenters. The van der Waals surface area contributed by atoms with Gasteiger partial charge in [-0.05, 0) is 24.4 Å². The first-order chi connectivity index (χ1) is 9.75. The standard InChI is InChI=1S/C16H14N2OS/c1-10-15(18-9-8-17-16(18)20-10)13-6-7-14(19)12-5-3-2-4-11(12)13/h2-7,19H,8-9H2,1H3. The number of amidine groups is 1. The molecule has 2 aromatic rings. The van der Waals surface area contributed by atoms with Crippen molar-refractivity contribution in [2.75, 3.05) is 13.1 Å². The van der Waals surface area contributed by atoms with Gasteiger partial charge in [0.1, 0.15) is 5.75 Å². The van der Waals surface area contributed by atoms with Crippen LogP contribution in [0.3, 0.4) is 0 Å². The molecule has 100 valence electrons. The maximum atomic E-state index is 10.0. The number of hydrogen-bond donors (Lipinski definition) is 1. The Balaban J connectivity index is 1.98. The lowest BCUT2D eigenvalue weighted by Crippen LogP contribution is -2.20. The smallest absolute Gasteiger partial charge is 0.168 e. The third-order valence-corrected chi connectivity index (χ3v) is 4.84. The molecule has 2 aliphatic heterocycles. The second kappa shape index (κ2) is 4.28. The van der Waals surface area contributed by atoms with Gasteiger partial charge in [-0.15, -0.1) is 0 Å². The maximum absolute atomic E-state index is 10.0. The van der Waals surface area contributed by atoms with Crippen LogP contribution >= 0.6 is 11.8 Å². The van der Waals surface area contributed by atoms with Crippen LogP contribution in [0.4, 0.5) is 0 Å². The molecule has 0 saturated heterocycles. The Hall–Kier alpha value is -1.94. The number of phenols is 1. The van der Waals surface area contributed by atoms with Gasteiger partial charge in [-0.2, -0.15) is 0 Å². The van der Waals surface area contributed by atoms with E-state index in [2.05, 4.69) is 22.9 Å². The van der Waals surface area contributed by atoms with Crippen molar-refractivity contribution in [1.82, 2.24) is 4.90 Å². The minimum Gasteiger partial charge on any atom is -0.507 e. The summed E-state index contributed by atoms with van der Waals surface area (Å²) >= 11 is 1.74. The molecule has 0 spiro atoms. The van der Waals surface area contributed by atoms with Crippen molar-refractivity contribution in [3.05, 3.63) is 46.9 Å². The van der Waals surface area contributed by atoms with E-state index in [1.165, 1.54) is 16.2 Å². The molecule has 2 heterocycles. The van der Waals surface area contributed by atoms with Gasteiger partial charge in [0.2, 0.25) is 0 Å². The molecule has 0 radical (unpaired) electrons. The molecule has 0 aromatic heterocycles. The average molecular weight is 282 g/mol. The number of thioether (sulfide) groups is 1. The summed E-state index contributed by atoms with van der Waals surface area (Å²) < 4.78 is 0. The van der Waals surface area contributed by atoms with Gasteiger partial charge in [0.25, 0.3) is 0 Å². The first-order valence-electron chi connectivity index (χ1n) is 6.67. The van der Waals surface area contributed by atoms with Gasteiger partial charge < -0.3 is 10.0 Å². The zero-order chi connectivity index (χ0) is 13.7. The van der Waals surface area contributed by atoms with Crippen LogP contribution in [0.1, 0.15) is 12.5 Å². The van der Waals surface area contributed by atoms with Crippen molar-refractivity contribution in [2.45, 2.75) is 6.92 Å². The monoisotopic (exact) mass is 282 g/mol. The van der Waals surface area contributed by atoms with E-state index in [1.807, 2.05) is 24.3 Å². The van der Waals surface area contributed by atoms with E-state index in [4.69, 9.17) is 0 Å². The molecular formula is C16H14N2OS. The molecule has 0 saturated carbocycles. The van der Waals surface area contributed by atoms with Crippen molar-refractivity contribution in [3.63, 3.8) is 0 Å². The fourth-order valence-electron chi connectivity index (χ4n) is 2.92. The number of benzene rings is 2. The number of nitrogens with zero attached hydrogens (tertiary/aromatic N) is 2. The lowest BCUT2D eigenvalue weighted by Gasteiger charge is -2.19. The molecule has 2 aliphatic rings. The Morgan fingerprint density at radius 1 is 1.15 bits per heavy atom. The highest BCUT2D eigenvalue weighted by Crippen LogP contribution is 2.43. The lowest BCUT2D eigenvalue weighted by atomic mass is 10.0. The number of allylic oxidation sites excluding steroid dienone is 1. The topological polar surface area (TPSA) is 35.8 Å². The summed E-state index contributed by atoms with van der Waals surface area (Å²) in [5.41, 5.74) is 2.41. The Morgan fingerprint density at radius 3 is 2.80 bits per heavy atom. The van der Waals surface area contributed by atoms with Crippen molar-refractivity contribution < 1.29 is 5.11 Å². The van der Waals surface area contributed by atoms with Crippen LogP contribution < -0.4 is 0 Å². The molecule has 3 nitrogen and oxygen atoms in total. The Labute approximate surface area is 121 Å². The van der Waals surface area contributed by atoms with Crippen LogP contribution in [0.2, 0.25) is 0 Å². The fourth-order valence-corrected chi connectivity index (χ4v) is 3.96. The number of phenolic OH excluding ortho intramolecular Hbond substituents is 1. The molecule has 4 heteroatoms. The summed E-state index contributed by atoms with van der Waals surface area (Å²) in [6, 6.07) is 11.8. The average Bonchev–Trinajstić information content (AvgIpc) is 3.01. The number of aromatic hydroxyl groups is 1. The van der Waals surface area contributed by atoms with E-state index < -0.39 is 0 Å². The summed E-state index contributed by atoms with van der Waals surface area (Å²) in [6.45, 7) is 3.96. The highest BCUT2D eigenvalue weighted by atomic mass is 32.2. The summed E-state index contributed by atoms with van der Waals surface area (Å²) in [4.78, 5) is 8.10. The molecule has 1 N–H and O–H groups in total. The molecule has 0 aliphatic carbocycles. The van der Waals surface area contributed by atoms with Crippen LogP contribution in [0.15, 0.2) is 46.3 Å². The number of aliphatic imine (C=N–C) groups is 1. The summed E-state index contributed by atoms with van der Waals surface area (Å²) in [5.74, 6) is 0.337. The Bertz CT molecular complexity index is 779. The van der Waals surface area contributed by atoms with Gasteiger partial charge in [0.15, 0.2) is 5.17 Å². The molecule has 0 amide bonds. The van der Waals surface area contributed by atoms with Crippen LogP contribution in [0, 0.1) is 0 Å². The minimum absolute atomic E-state index is 0.337. The van der Waals surface area contributed by atoms with Crippen LogP contribution in [-0.2, 0) is 0 Å². The molecule has 0 bridgehead atoms. The number of rotatable bonds is 1. The molecule has 20 heavy (non-hydrogen) atoms. The van der Waals surface area contributed by atoms with E-state index in [-0.39, 0.29) is 0 Å². The Kier molecular flexibility index (Phi) is 2.54. The van der Waals surface area contributed by atoms with E-state index in [1.54, 1.807) is 17.8 Å². The van der Waals surface area contributed by atoms with Gasteiger partial charge in [-0.3, -0.25) is 4.99 Å². The highest BCUT2D eigenvalue weighted by molar-refractivity contribution is 8.17. The van der Waals surface area contributed by atoms with Crippen molar-refractivity contribution in [1.29, 1.82) is 0 Å². The zero-order valence-electron chi connectivity index (χ0n) is 11.1. The molecule has 0 unspecified atom stereocenters. The number of fused-ring (bicyclic) bond motifs is 2. The van der Waals surface area contributed by atoms with E-state index in [0.717, 1.165) is 29.0 Å². The maximum Gasteiger partial charge on any atom is 0.168 e. The van der Waals surface area contributed by atoms with Gasteiger partial charge in [-0.1, -0.05) is 36.0 Å². The van der Waals surface area contributed by atoms with Crippen molar-refractivity contribution >= 4 is 33.4 Å². The minimum atomic E-state index is 0.337. The predicted molar refractivity (Wildman–Crippen MR) is 84.8 cm³/mol. The van der Waals surface area contributed by atoms with Gasteiger partial charge in [0.05, 0.1) is 12.2 Å². The summed E-state index contributed by atoms with van der Waals surface area (Å²) in [5, 5.41) is 13.1. The van der Waals surface area contributed by atoms with Gasteiger partial charge >= 0.3 is 0 Å². The normalized spacial score (nSPS) is 17.9. The molecule has 0 fully saturated rings. The second-order valence-electron chi connectivity index (χ2n) is 5.00. The zero-order valence-corrected chi connectivity index (χ0v) is 11.9. The third kappa shape index (κ3) is 1.58. The first-order valence-corrected chi connectivity index (χ1v) is 7.49. The summed E-state index contributed by atoms with van der Waals surface area (Å²) in [6.07, 6.45) is 0. The first kappa shape index (κ1) is 11.9. The van der Waals surface area contributed by atoms with Crippen LogP contribution in [0.25, 0.3) is 16.5 Å². The van der Waals surface area contributed by atoms with Crippen molar-refractivity contribution in [2.24, 2.45) is 4.99 Å². The van der Waals surface area contributed by atoms with E-state index >= 15 is 0 Å². The summed E-state index contributed by atoms with van der Waals surface area (Å²) in [7, 11) is 0. The molecule has 2 aromatic carbocycles. The van der Waals surface area contributed by atoms with Crippen molar-refractivity contribution in [3.8, 4) is 5.75 Å². The van der Waals surface area contributed by atoms with Gasteiger partial charge in [0, 0.05) is 22.4 Å². The van der Waals surface area contributed by atoms with E-state index in [9.17, 15) is 5.11 Å². The molecular weight excluding hydrogens is 268 g/mol. The number of hydrogen-bond acceptors (Lipinski definition) is 4. The fraction of sp³-hybridized carbons (Fsp3) is 0.188. The third-order valence-electron chi connectivity index (χ3n) is 3.81. The van der Waals surface area contributed by atoms with Gasteiger partial charge in [-0.25, -0.2) is 0 Å².